The number of hydrogen-bond acceptors (Lipinski definition) is 4. The highest BCUT2D eigenvalue weighted by atomic mass is 35.5. The molecule has 21 heavy (non-hydrogen) atoms. The Kier molecular flexibility index (Phi) is 4.72. The number of thioether (sulfide) groups is 1. The number of benzene rings is 1. The molecule has 1 amide bonds. The maximum atomic E-state index is 12.4. The van der Waals surface area contributed by atoms with Gasteiger partial charge in [0.2, 0.25) is 5.91 Å². The summed E-state index contributed by atoms with van der Waals surface area (Å²) < 4.78 is 2.05. The highest BCUT2D eigenvalue weighted by Crippen LogP contribution is 2.33. The van der Waals surface area contributed by atoms with Crippen LogP contribution in [0.5, 0.6) is 0 Å². The van der Waals surface area contributed by atoms with Crippen molar-refractivity contribution in [3.8, 4) is 0 Å². The molecule has 1 fully saturated rings. The van der Waals surface area contributed by atoms with Crippen LogP contribution in [0.1, 0.15) is 26.2 Å². The molecule has 0 saturated carbocycles. The Bertz CT molecular complexity index is 652. The Labute approximate surface area is 137 Å². The molecule has 0 radical (unpaired) electrons. The third kappa shape index (κ3) is 3.52. The molecule has 0 bridgehead atoms. The van der Waals surface area contributed by atoms with E-state index in [9.17, 15) is 4.79 Å². The number of hydrogen-bond donors (Lipinski definition) is 0. The monoisotopic (exact) mass is 340 g/mol. The first kappa shape index (κ1) is 15.1. The Morgan fingerprint density at radius 1 is 1.38 bits per heavy atom. The smallest absolute Gasteiger partial charge is 0.235 e. The minimum atomic E-state index is -0.0841. The Hall–Kier alpha value is -0.780. The van der Waals surface area contributed by atoms with Crippen LogP contribution in [0.25, 0.3) is 10.2 Å². The zero-order valence-electron chi connectivity index (χ0n) is 11.8. The number of thiazole rings is 1. The summed E-state index contributed by atoms with van der Waals surface area (Å²) in [4.78, 5) is 19.0. The average Bonchev–Trinajstić information content (AvgIpc) is 2.88. The minimum absolute atomic E-state index is 0.0841. The van der Waals surface area contributed by atoms with Crippen LogP contribution in [-0.2, 0) is 4.79 Å². The fraction of sp³-hybridized carbons (Fsp3) is 0.467. The number of nitrogens with zero attached hydrogens (tertiary/aromatic N) is 2. The number of halogens is 1. The number of carbonyl (C=O) groups excluding carboxylic acids is 1. The zero-order valence-corrected chi connectivity index (χ0v) is 14.2. The van der Waals surface area contributed by atoms with Gasteiger partial charge in [-0.3, -0.25) is 4.79 Å². The van der Waals surface area contributed by atoms with Gasteiger partial charge in [-0.15, -0.1) is 11.3 Å². The van der Waals surface area contributed by atoms with Crippen molar-refractivity contribution in [1.82, 2.24) is 9.88 Å². The van der Waals surface area contributed by atoms with E-state index in [-0.39, 0.29) is 11.2 Å². The standard InChI is InChI=1S/C15H17ClN2OS2/c1-10(14(19)18-7-3-2-4-8-18)20-15-17-12-9-11(16)5-6-13(12)21-15/h5-6,9-10H,2-4,7-8H2,1H3. The molecule has 112 valence electrons. The number of likely N-dealkylation sites (tertiary alicyclic amines) is 1. The second-order valence-electron chi connectivity index (χ2n) is 5.24. The van der Waals surface area contributed by atoms with Crippen LogP contribution in [0.2, 0.25) is 5.02 Å². The quantitative estimate of drug-likeness (QED) is 0.774. The van der Waals surface area contributed by atoms with Gasteiger partial charge in [0.15, 0.2) is 4.34 Å². The van der Waals surface area contributed by atoms with Crippen molar-refractivity contribution in [3.63, 3.8) is 0 Å². The third-order valence-electron chi connectivity index (χ3n) is 3.62. The molecule has 3 nitrogen and oxygen atoms in total. The second kappa shape index (κ2) is 6.55. The molecule has 2 aromatic rings. The van der Waals surface area contributed by atoms with Crippen LogP contribution in [0.4, 0.5) is 0 Å². The number of rotatable bonds is 3. The maximum absolute atomic E-state index is 12.4. The molecule has 2 heterocycles. The lowest BCUT2D eigenvalue weighted by Crippen LogP contribution is -2.40. The number of carbonyl (C=O) groups is 1. The van der Waals surface area contributed by atoms with Gasteiger partial charge in [0.25, 0.3) is 0 Å². The van der Waals surface area contributed by atoms with Crippen LogP contribution in [0.15, 0.2) is 22.5 Å². The summed E-state index contributed by atoms with van der Waals surface area (Å²) in [6.45, 7) is 3.78. The van der Waals surface area contributed by atoms with Gasteiger partial charge in [0, 0.05) is 18.1 Å². The molecular formula is C15H17ClN2OS2. The summed E-state index contributed by atoms with van der Waals surface area (Å²) in [6.07, 6.45) is 3.50. The fourth-order valence-electron chi connectivity index (χ4n) is 2.50. The summed E-state index contributed by atoms with van der Waals surface area (Å²) in [5, 5.41) is 0.612. The first-order chi connectivity index (χ1) is 10.1. The Morgan fingerprint density at radius 2 is 2.14 bits per heavy atom. The van der Waals surface area contributed by atoms with Gasteiger partial charge < -0.3 is 4.90 Å². The van der Waals surface area contributed by atoms with Gasteiger partial charge in [-0.2, -0.15) is 0 Å². The summed E-state index contributed by atoms with van der Waals surface area (Å²) in [5.74, 6) is 0.233. The molecule has 1 unspecified atom stereocenters. The van der Waals surface area contributed by atoms with E-state index < -0.39 is 0 Å². The van der Waals surface area contributed by atoms with Crippen LogP contribution >= 0.6 is 34.7 Å². The van der Waals surface area contributed by atoms with E-state index in [0.29, 0.717) is 5.02 Å². The fourth-order valence-corrected chi connectivity index (χ4v) is 4.94. The largest absolute Gasteiger partial charge is 0.342 e. The SMILES string of the molecule is CC(Sc1nc2cc(Cl)ccc2s1)C(=O)N1CCCCC1. The van der Waals surface area contributed by atoms with Crippen LogP contribution in [0.3, 0.4) is 0 Å². The number of amides is 1. The Balaban J connectivity index is 1.70. The van der Waals surface area contributed by atoms with Crippen molar-refractivity contribution >= 4 is 50.8 Å². The van der Waals surface area contributed by atoms with Gasteiger partial charge in [-0.05, 0) is 44.4 Å². The van der Waals surface area contributed by atoms with Crippen LogP contribution in [0, 0.1) is 0 Å². The van der Waals surface area contributed by atoms with Crippen LogP contribution in [-0.4, -0.2) is 34.1 Å². The predicted octanol–water partition coefficient (Wildman–Crippen LogP) is 4.44. The van der Waals surface area contributed by atoms with Crippen molar-refractivity contribution in [1.29, 1.82) is 0 Å². The topological polar surface area (TPSA) is 33.2 Å². The minimum Gasteiger partial charge on any atom is -0.342 e. The molecule has 1 aromatic carbocycles. The Morgan fingerprint density at radius 3 is 2.90 bits per heavy atom. The molecule has 0 N–H and O–H groups in total. The van der Waals surface area contributed by atoms with E-state index in [0.717, 1.165) is 40.5 Å². The van der Waals surface area contributed by atoms with E-state index in [4.69, 9.17) is 11.6 Å². The number of piperidine rings is 1. The van der Waals surface area contributed by atoms with Gasteiger partial charge in [0.05, 0.1) is 15.5 Å². The first-order valence-corrected chi connectivity index (χ1v) is 9.22. The number of fused-ring (bicyclic) bond motifs is 1. The van der Waals surface area contributed by atoms with Gasteiger partial charge in [-0.25, -0.2) is 4.98 Å². The van der Waals surface area contributed by atoms with Crippen molar-refractivity contribution in [3.05, 3.63) is 23.2 Å². The molecule has 6 heteroatoms. The highest BCUT2D eigenvalue weighted by Gasteiger charge is 2.23. The van der Waals surface area contributed by atoms with Gasteiger partial charge in [0.1, 0.15) is 0 Å². The molecule has 1 aromatic heterocycles. The predicted molar refractivity (Wildman–Crippen MR) is 90.4 cm³/mol. The normalized spacial score (nSPS) is 17.1. The van der Waals surface area contributed by atoms with Gasteiger partial charge >= 0.3 is 0 Å². The summed E-state index contributed by atoms with van der Waals surface area (Å²) in [7, 11) is 0. The van der Waals surface area contributed by atoms with E-state index in [1.54, 1.807) is 23.1 Å². The third-order valence-corrected chi connectivity index (χ3v) is 6.08. The molecule has 1 aliphatic rings. The molecule has 0 aliphatic carbocycles. The zero-order chi connectivity index (χ0) is 14.8. The summed E-state index contributed by atoms with van der Waals surface area (Å²) in [5.41, 5.74) is 0.910. The van der Waals surface area contributed by atoms with Crippen LogP contribution < -0.4 is 0 Å². The maximum Gasteiger partial charge on any atom is 0.235 e. The molecule has 3 rings (SSSR count). The summed E-state index contributed by atoms with van der Waals surface area (Å²) >= 11 is 9.15. The van der Waals surface area contributed by atoms with E-state index >= 15 is 0 Å². The van der Waals surface area contributed by atoms with Crippen molar-refractivity contribution in [2.75, 3.05) is 13.1 Å². The van der Waals surface area contributed by atoms with E-state index in [2.05, 4.69) is 4.98 Å². The second-order valence-corrected chi connectivity index (χ2v) is 8.29. The van der Waals surface area contributed by atoms with E-state index in [1.165, 1.54) is 6.42 Å². The van der Waals surface area contributed by atoms with Gasteiger partial charge in [-0.1, -0.05) is 23.4 Å². The highest BCUT2D eigenvalue weighted by molar-refractivity contribution is 8.02. The lowest BCUT2D eigenvalue weighted by Gasteiger charge is -2.28. The average molecular weight is 341 g/mol. The molecule has 0 spiro atoms. The molecule has 1 aliphatic heterocycles. The van der Waals surface area contributed by atoms with E-state index in [1.807, 2.05) is 30.0 Å². The van der Waals surface area contributed by atoms with Crippen molar-refractivity contribution in [2.24, 2.45) is 0 Å². The lowest BCUT2D eigenvalue weighted by atomic mass is 10.1. The van der Waals surface area contributed by atoms with Crippen molar-refractivity contribution in [2.45, 2.75) is 35.8 Å². The summed E-state index contributed by atoms with van der Waals surface area (Å²) in [6, 6.07) is 5.73. The molecule has 1 saturated heterocycles. The first-order valence-electron chi connectivity index (χ1n) is 7.15. The lowest BCUT2D eigenvalue weighted by molar-refractivity contribution is -0.131. The molecule has 1 atom stereocenters. The number of aromatic nitrogens is 1. The molecular weight excluding hydrogens is 324 g/mol. The van der Waals surface area contributed by atoms with Crippen molar-refractivity contribution < 1.29 is 4.79 Å².